The molecule has 1 atom stereocenters. The number of hydrogen-bond donors (Lipinski definition) is 1. The van der Waals surface area contributed by atoms with Crippen LogP contribution in [0.2, 0.25) is 0 Å². The number of carbonyl (C=O) groups is 1. The summed E-state index contributed by atoms with van der Waals surface area (Å²) in [7, 11) is -3.18. The van der Waals surface area contributed by atoms with Crippen molar-refractivity contribution in [1.82, 2.24) is 5.32 Å². The normalized spacial score (nSPS) is 21.4. The van der Waals surface area contributed by atoms with Gasteiger partial charge in [-0.25, -0.2) is 8.42 Å². The van der Waals surface area contributed by atoms with E-state index in [1.807, 2.05) is 0 Å². The Morgan fingerprint density at radius 2 is 1.65 bits per heavy atom. The van der Waals surface area contributed by atoms with E-state index < -0.39 is 33.4 Å². The van der Waals surface area contributed by atoms with Crippen molar-refractivity contribution in [3.05, 3.63) is 35.9 Å². The zero-order valence-corrected chi connectivity index (χ0v) is 13.4. The minimum Gasteiger partial charge on any atom is -0.338 e. The van der Waals surface area contributed by atoms with Crippen molar-refractivity contribution < 1.29 is 26.4 Å². The molecule has 1 fully saturated rings. The molecule has 0 saturated carbocycles. The van der Waals surface area contributed by atoms with Gasteiger partial charge in [0.1, 0.15) is 9.84 Å². The average Bonchev–Trinajstić information content (AvgIpc) is 2.46. The van der Waals surface area contributed by atoms with Crippen LogP contribution in [0.25, 0.3) is 0 Å². The zero-order chi connectivity index (χ0) is 17.3. The maximum absolute atomic E-state index is 13.5. The van der Waals surface area contributed by atoms with Crippen molar-refractivity contribution in [2.75, 3.05) is 11.5 Å². The van der Waals surface area contributed by atoms with Gasteiger partial charge in [-0.05, 0) is 25.3 Å². The van der Waals surface area contributed by atoms with Gasteiger partial charge in [0.2, 0.25) is 5.91 Å². The molecule has 1 N–H and O–H groups in total. The van der Waals surface area contributed by atoms with Gasteiger partial charge in [-0.3, -0.25) is 4.79 Å². The second-order valence-corrected chi connectivity index (χ2v) is 8.21. The molecule has 1 amide bonds. The lowest BCUT2D eigenvalue weighted by Crippen LogP contribution is -2.55. The summed E-state index contributed by atoms with van der Waals surface area (Å²) in [5, 5.41) is 2.09. The van der Waals surface area contributed by atoms with Crippen molar-refractivity contribution in [1.29, 1.82) is 0 Å². The van der Waals surface area contributed by atoms with Crippen molar-refractivity contribution in [3.8, 4) is 0 Å². The lowest BCUT2D eigenvalue weighted by molar-refractivity contribution is -0.198. The van der Waals surface area contributed by atoms with E-state index in [0.29, 0.717) is 0 Å². The van der Waals surface area contributed by atoms with E-state index in [1.54, 1.807) is 6.07 Å². The predicted molar refractivity (Wildman–Crippen MR) is 79.4 cm³/mol. The molecule has 1 aromatic carbocycles. The number of hydrogen-bond acceptors (Lipinski definition) is 3. The third-order valence-corrected chi connectivity index (χ3v) is 5.93. The van der Waals surface area contributed by atoms with Crippen LogP contribution in [0.15, 0.2) is 30.3 Å². The smallest absolute Gasteiger partial charge is 0.338 e. The third kappa shape index (κ3) is 3.85. The fourth-order valence-electron chi connectivity index (χ4n) is 2.58. The molecule has 1 aromatic rings. The highest BCUT2D eigenvalue weighted by Gasteiger charge is 2.54. The Morgan fingerprint density at radius 3 is 2.13 bits per heavy atom. The molecule has 0 aromatic heterocycles. The number of sulfone groups is 1. The molecule has 0 bridgehead atoms. The molecule has 1 aliphatic heterocycles. The minimum atomic E-state index is -4.68. The van der Waals surface area contributed by atoms with Crippen LogP contribution in [0, 0.1) is 5.92 Å². The molecule has 23 heavy (non-hydrogen) atoms. The monoisotopic (exact) mass is 349 g/mol. The highest BCUT2D eigenvalue weighted by molar-refractivity contribution is 7.91. The van der Waals surface area contributed by atoms with Crippen LogP contribution in [0.1, 0.15) is 25.3 Å². The average molecular weight is 349 g/mol. The fourth-order valence-corrected chi connectivity index (χ4v) is 4.07. The zero-order valence-electron chi connectivity index (χ0n) is 12.6. The Hall–Kier alpha value is -1.57. The highest BCUT2D eigenvalue weighted by Crippen LogP contribution is 2.39. The summed E-state index contributed by atoms with van der Waals surface area (Å²) in [6, 6.07) is 7.14. The summed E-state index contributed by atoms with van der Waals surface area (Å²) in [6.45, 7) is 0.916. The van der Waals surface area contributed by atoms with Crippen LogP contribution in [0.4, 0.5) is 13.2 Å². The molecule has 8 heteroatoms. The number of carbonyl (C=O) groups excluding carboxylic acids is 1. The molecule has 0 aliphatic carbocycles. The van der Waals surface area contributed by atoms with Crippen LogP contribution >= 0.6 is 0 Å². The van der Waals surface area contributed by atoms with Crippen molar-refractivity contribution >= 4 is 15.7 Å². The topological polar surface area (TPSA) is 63.2 Å². The van der Waals surface area contributed by atoms with Crippen molar-refractivity contribution in [3.63, 3.8) is 0 Å². The van der Waals surface area contributed by atoms with E-state index in [2.05, 4.69) is 5.32 Å². The number of benzene rings is 1. The van der Waals surface area contributed by atoms with Gasteiger partial charge in [0.25, 0.3) is 0 Å². The number of rotatable bonds is 3. The van der Waals surface area contributed by atoms with Gasteiger partial charge in [-0.15, -0.1) is 0 Å². The SMILES string of the molecule is C[C@@](NC(=O)C1CCS(=O)(=O)CC1)(c1ccccc1)C(F)(F)F. The Balaban J connectivity index is 2.21. The van der Waals surface area contributed by atoms with Gasteiger partial charge in [0.05, 0.1) is 11.5 Å². The highest BCUT2D eigenvalue weighted by atomic mass is 32.2. The molecule has 1 heterocycles. The number of nitrogens with one attached hydrogen (secondary N) is 1. The Kier molecular flexibility index (Phi) is 4.75. The summed E-state index contributed by atoms with van der Waals surface area (Å²) in [4.78, 5) is 12.2. The van der Waals surface area contributed by atoms with Gasteiger partial charge in [-0.1, -0.05) is 30.3 Å². The summed E-state index contributed by atoms with van der Waals surface area (Å²) in [6.07, 6.45) is -4.57. The van der Waals surface area contributed by atoms with Gasteiger partial charge in [0.15, 0.2) is 5.54 Å². The maximum atomic E-state index is 13.5. The number of halogens is 3. The summed E-state index contributed by atoms with van der Waals surface area (Å²) in [5.74, 6) is -1.81. The molecule has 0 spiro atoms. The molecule has 1 aliphatic rings. The van der Waals surface area contributed by atoms with Crippen molar-refractivity contribution in [2.45, 2.75) is 31.5 Å². The Labute approximate surface area is 133 Å². The van der Waals surface area contributed by atoms with Gasteiger partial charge in [-0.2, -0.15) is 13.2 Å². The second-order valence-electron chi connectivity index (χ2n) is 5.90. The standard InChI is InChI=1S/C15H18F3NO3S/c1-14(15(16,17)18,12-5-3-2-4-6-12)19-13(20)11-7-9-23(21,22)10-8-11/h2-6,11H,7-10H2,1H3,(H,19,20)/t14-/m1/s1. The summed E-state index contributed by atoms with van der Waals surface area (Å²) in [5.41, 5.74) is -2.58. The van der Waals surface area contributed by atoms with E-state index in [0.717, 1.165) is 6.92 Å². The molecule has 0 unspecified atom stereocenters. The summed E-state index contributed by atoms with van der Waals surface area (Å²) >= 11 is 0. The van der Waals surface area contributed by atoms with Crippen molar-refractivity contribution in [2.24, 2.45) is 5.92 Å². The van der Waals surface area contributed by atoms with E-state index in [4.69, 9.17) is 0 Å². The third-order valence-electron chi connectivity index (χ3n) is 4.22. The molecule has 4 nitrogen and oxygen atoms in total. The van der Waals surface area contributed by atoms with E-state index in [-0.39, 0.29) is 29.9 Å². The molecular formula is C15H18F3NO3S. The summed E-state index contributed by atoms with van der Waals surface area (Å²) < 4.78 is 63.3. The van der Waals surface area contributed by atoms with E-state index in [9.17, 15) is 26.4 Å². The quantitative estimate of drug-likeness (QED) is 0.911. The molecule has 0 radical (unpaired) electrons. The van der Waals surface area contributed by atoms with E-state index in [1.165, 1.54) is 24.3 Å². The number of alkyl halides is 3. The van der Waals surface area contributed by atoms with Gasteiger partial charge >= 0.3 is 6.18 Å². The first-order valence-electron chi connectivity index (χ1n) is 7.20. The van der Waals surface area contributed by atoms with Crippen LogP contribution < -0.4 is 5.32 Å². The lowest BCUT2D eigenvalue weighted by atomic mass is 9.89. The first kappa shape index (κ1) is 17.8. The fraction of sp³-hybridized carbons (Fsp3) is 0.533. The largest absolute Gasteiger partial charge is 0.415 e. The van der Waals surface area contributed by atoms with E-state index >= 15 is 0 Å². The number of amides is 1. The first-order chi connectivity index (χ1) is 10.6. The molecule has 1 saturated heterocycles. The van der Waals surface area contributed by atoms with Crippen LogP contribution in [0.5, 0.6) is 0 Å². The lowest BCUT2D eigenvalue weighted by Gasteiger charge is -2.35. The second kappa shape index (κ2) is 6.14. The Morgan fingerprint density at radius 1 is 1.13 bits per heavy atom. The maximum Gasteiger partial charge on any atom is 0.415 e. The first-order valence-corrected chi connectivity index (χ1v) is 9.02. The molecular weight excluding hydrogens is 331 g/mol. The van der Waals surface area contributed by atoms with Crippen LogP contribution in [-0.4, -0.2) is 32.0 Å². The molecule has 128 valence electrons. The van der Waals surface area contributed by atoms with Crippen LogP contribution in [-0.2, 0) is 20.2 Å². The molecule has 2 rings (SSSR count). The minimum absolute atomic E-state index is 0.0525. The van der Waals surface area contributed by atoms with Gasteiger partial charge in [0, 0.05) is 5.92 Å². The Bertz CT molecular complexity index is 659. The van der Waals surface area contributed by atoms with Crippen LogP contribution in [0.3, 0.4) is 0 Å². The van der Waals surface area contributed by atoms with Gasteiger partial charge < -0.3 is 5.32 Å². The predicted octanol–water partition coefficient (Wildman–Crippen LogP) is 2.41.